The lowest BCUT2D eigenvalue weighted by atomic mass is 10.1. The zero-order valence-corrected chi connectivity index (χ0v) is 10.6. The predicted octanol–water partition coefficient (Wildman–Crippen LogP) is 2.47. The van der Waals surface area contributed by atoms with Gasteiger partial charge < -0.3 is 10.5 Å². The van der Waals surface area contributed by atoms with Crippen LogP contribution < -0.4 is 5.73 Å². The van der Waals surface area contributed by atoms with Crippen molar-refractivity contribution in [1.29, 1.82) is 0 Å². The molecule has 4 nitrogen and oxygen atoms in total. The van der Waals surface area contributed by atoms with Crippen molar-refractivity contribution in [3.8, 4) is 0 Å². The third-order valence-corrected chi connectivity index (χ3v) is 2.73. The molecule has 0 radical (unpaired) electrons. The molecule has 2 N–H and O–H groups in total. The summed E-state index contributed by atoms with van der Waals surface area (Å²) in [6.07, 6.45) is -1.93. The van der Waals surface area contributed by atoms with Crippen LogP contribution in [0.3, 0.4) is 0 Å². The number of carbonyl (C=O) groups is 1. The fourth-order valence-corrected chi connectivity index (χ4v) is 1.80. The molecule has 17 heavy (non-hydrogen) atoms. The van der Waals surface area contributed by atoms with Crippen LogP contribution >= 0.6 is 15.9 Å². The quantitative estimate of drug-likeness (QED) is 0.685. The van der Waals surface area contributed by atoms with Crippen molar-refractivity contribution in [1.82, 2.24) is 4.98 Å². The van der Waals surface area contributed by atoms with Gasteiger partial charge >= 0.3 is 5.97 Å². The van der Waals surface area contributed by atoms with E-state index >= 15 is 0 Å². The minimum Gasteiger partial charge on any atom is -0.466 e. The Morgan fingerprint density at radius 2 is 2.29 bits per heavy atom. The monoisotopic (exact) mass is 308 g/mol. The van der Waals surface area contributed by atoms with Gasteiger partial charge in [0.2, 0.25) is 0 Å². The summed E-state index contributed by atoms with van der Waals surface area (Å²) in [6.45, 7) is 1.83. The van der Waals surface area contributed by atoms with Gasteiger partial charge in [0.25, 0.3) is 6.43 Å². The Morgan fingerprint density at radius 1 is 1.65 bits per heavy atom. The van der Waals surface area contributed by atoms with Crippen molar-refractivity contribution in [3.63, 3.8) is 0 Å². The highest BCUT2D eigenvalue weighted by atomic mass is 79.9. The normalized spacial score (nSPS) is 10.6. The Kier molecular flexibility index (Phi) is 4.80. The fraction of sp³-hybridized carbons (Fsp3) is 0.400. The summed E-state index contributed by atoms with van der Waals surface area (Å²) >= 11 is 3.02. The summed E-state index contributed by atoms with van der Waals surface area (Å²) in [5, 5.41) is 0. The SMILES string of the molecule is CCOC(=O)Cc1c(Br)ncc(N)c1C(F)F. The minimum absolute atomic E-state index is 0.0680. The Morgan fingerprint density at radius 3 is 2.82 bits per heavy atom. The molecule has 0 aliphatic heterocycles. The molecule has 1 rings (SSSR count). The lowest BCUT2D eigenvalue weighted by Gasteiger charge is -2.12. The average Bonchev–Trinajstić information content (AvgIpc) is 2.23. The molecule has 0 spiro atoms. The molecule has 0 saturated carbocycles. The van der Waals surface area contributed by atoms with E-state index in [1.165, 1.54) is 0 Å². The standard InChI is InChI=1S/C10H11BrF2N2O2/c1-2-17-7(16)3-5-8(10(12)13)6(14)4-15-9(5)11/h4,10H,2-3,14H2,1H3. The first-order valence-corrected chi connectivity index (χ1v) is 5.63. The second-order valence-electron chi connectivity index (χ2n) is 3.18. The summed E-state index contributed by atoms with van der Waals surface area (Å²) in [5.74, 6) is -0.595. The number of nitrogen functional groups attached to an aromatic ring is 1. The molecule has 1 aromatic heterocycles. The summed E-state index contributed by atoms with van der Waals surface area (Å²) in [5.41, 5.74) is 4.98. The maximum atomic E-state index is 12.8. The Hall–Kier alpha value is -1.24. The molecule has 0 amide bonds. The highest BCUT2D eigenvalue weighted by Crippen LogP contribution is 2.32. The molecule has 0 fully saturated rings. The summed E-state index contributed by atoms with van der Waals surface area (Å²) in [4.78, 5) is 15.1. The zero-order chi connectivity index (χ0) is 13.0. The number of halogens is 3. The van der Waals surface area contributed by atoms with E-state index in [4.69, 9.17) is 10.5 Å². The Bertz CT molecular complexity index is 427. The first-order chi connectivity index (χ1) is 7.97. The lowest BCUT2D eigenvalue weighted by molar-refractivity contribution is -0.142. The van der Waals surface area contributed by atoms with Gasteiger partial charge in [-0.2, -0.15) is 0 Å². The molecule has 0 aliphatic rings. The molecule has 0 aliphatic carbocycles. The van der Waals surface area contributed by atoms with E-state index in [9.17, 15) is 13.6 Å². The number of anilines is 1. The summed E-state index contributed by atoms with van der Waals surface area (Å²) < 4.78 is 30.5. The molecular formula is C10H11BrF2N2O2. The molecule has 0 saturated heterocycles. The van der Waals surface area contributed by atoms with E-state index in [1.54, 1.807) is 6.92 Å². The van der Waals surface area contributed by atoms with Gasteiger partial charge in [-0.3, -0.25) is 4.79 Å². The third-order valence-electron chi connectivity index (χ3n) is 2.05. The Labute approximate surface area is 105 Å². The highest BCUT2D eigenvalue weighted by Gasteiger charge is 2.22. The second-order valence-corrected chi connectivity index (χ2v) is 3.93. The van der Waals surface area contributed by atoms with E-state index in [0.717, 1.165) is 6.20 Å². The highest BCUT2D eigenvalue weighted by molar-refractivity contribution is 9.10. The van der Waals surface area contributed by atoms with E-state index in [0.29, 0.717) is 0 Å². The smallest absolute Gasteiger partial charge is 0.310 e. The molecule has 94 valence electrons. The van der Waals surface area contributed by atoms with Gasteiger partial charge in [0.05, 0.1) is 24.9 Å². The van der Waals surface area contributed by atoms with Crippen LogP contribution in [0.25, 0.3) is 0 Å². The van der Waals surface area contributed by atoms with Crippen molar-refractivity contribution in [2.45, 2.75) is 19.8 Å². The van der Waals surface area contributed by atoms with Crippen LogP contribution in [0.5, 0.6) is 0 Å². The molecular weight excluding hydrogens is 298 g/mol. The number of aromatic nitrogens is 1. The van der Waals surface area contributed by atoms with Crippen LogP contribution in [-0.2, 0) is 16.0 Å². The number of nitrogens with zero attached hydrogens (tertiary/aromatic N) is 1. The number of hydrogen-bond acceptors (Lipinski definition) is 4. The van der Waals surface area contributed by atoms with E-state index in [2.05, 4.69) is 20.9 Å². The van der Waals surface area contributed by atoms with Gasteiger partial charge in [-0.25, -0.2) is 13.8 Å². The number of rotatable bonds is 4. The second kappa shape index (κ2) is 5.90. The number of ether oxygens (including phenoxy) is 1. The van der Waals surface area contributed by atoms with Gasteiger partial charge in [-0.1, -0.05) is 0 Å². The van der Waals surface area contributed by atoms with E-state index < -0.39 is 12.4 Å². The molecule has 1 heterocycles. The number of alkyl halides is 2. The number of carbonyl (C=O) groups excluding carboxylic acids is 1. The third kappa shape index (κ3) is 3.36. The van der Waals surface area contributed by atoms with Crippen LogP contribution in [-0.4, -0.2) is 17.6 Å². The van der Waals surface area contributed by atoms with Gasteiger partial charge in [-0.15, -0.1) is 0 Å². The first kappa shape index (κ1) is 13.8. The van der Waals surface area contributed by atoms with Crippen LogP contribution in [0.1, 0.15) is 24.5 Å². The maximum absolute atomic E-state index is 12.8. The summed E-state index contributed by atoms with van der Waals surface area (Å²) in [7, 11) is 0. The number of nitrogens with two attached hydrogens (primary N) is 1. The van der Waals surface area contributed by atoms with E-state index in [1.807, 2.05) is 0 Å². The molecule has 1 aromatic rings. The van der Waals surface area contributed by atoms with Crippen LogP contribution in [0, 0.1) is 0 Å². The predicted molar refractivity (Wildman–Crippen MR) is 61.6 cm³/mol. The fourth-order valence-electron chi connectivity index (χ4n) is 1.34. The van der Waals surface area contributed by atoms with Crippen molar-refractivity contribution >= 4 is 27.6 Å². The zero-order valence-electron chi connectivity index (χ0n) is 9.04. The van der Waals surface area contributed by atoms with Crippen LogP contribution in [0.2, 0.25) is 0 Å². The van der Waals surface area contributed by atoms with Gasteiger partial charge in [0.1, 0.15) is 4.60 Å². The van der Waals surface area contributed by atoms with Crippen LogP contribution in [0.4, 0.5) is 14.5 Å². The van der Waals surface area contributed by atoms with Crippen molar-refractivity contribution in [3.05, 3.63) is 21.9 Å². The molecule has 0 unspecified atom stereocenters. The summed E-state index contributed by atoms with van der Waals surface area (Å²) in [6, 6.07) is 0. The van der Waals surface area contributed by atoms with Crippen molar-refractivity contribution < 1.29 is 18.3 Å². The van der Waals surface area contributed by atoms with Gasteiger partial charge in [0.15, 0.2) is 0 Å². The van der Waals surface area contributed by atoms with Gasteiger partial charge in [-0.05, 0) is 22.9 Å². The van der Waals surface area contributed by atoms with Crippen molar-refractivity contribution in [2.24, 2.45) is 0 Å². The Balaban J connectivity index is 3.12. The lowest BCUT2D eigenvalue weighted by Crippen LogP contribution is -2.12. The topological polar surface area (TPSA) is 65.2 Å². The van der Waals surface area contributed by atoms with Gasteiger partial charge in [0, 0.05) is 11.1 Å². The number of pyridine rings is 1. The first-order valence-electron chi connectivity index (χ1n) is 4.83. The maximum Gasteiger partial charge on any atom is 0.310 e. The molecule has 0 aromatic carbocycles. The minimum atomic E-state index is -2.77. The molecule has 7 heteroatoms. The number of hydrogen-bond donors (Lipinski definition) is 1. The van der Waals surface area contributed by atoms with E-state index in [-0.39, 0.29) is 34.4 Å². The largest absolute Gasteiger partial charge is 0.466 e. The van der Waals surface area contributed by atoms with Crippen LogP contribution in [0.15, 0.2) is 10.8 Å². The average molecular weight is 309 g/mol. The molecule has 0 bridgehead atoms. The van der Waals surface area contributed by atoms with Crippen molar-refractivity contribution in [2.75, 3.05) is 12.3 Å². The molecule has 0 atom stereocenters. The number of esters is 1.